The Morgan fingerprint density at radius 2 is 2.25 bits per heavy atom. The minimum Gasteiger partial charge on any atom is -0.197 e. The molecule has 0 aromatic rings. The fraction of sp³-hybridized carbons (Fsp3) is 0.750. The van der Waals surface area contributed by atoms with E-state index >= 15 is 0 Å². The first-order valence-corrected chi connectivity index (χ1v) is 6.21. The highest BCUT2D eigenvalue weighted by molar-refractivity contribution is 8.47. The summed E-state index contributed by atoms with van der Waals surface area (Å²) in [5.41, 5.74) is 0. The summed E-state index contributed by atoms with van der Waals surface area (Å²) < 4.78 is 0.530. The van der Waals surface area contributed by atoms with Crippen LogP contribution in [0.5, 0.6) is 0 Å². The first-order chi connectivity index (χ1) is 5.58. The largest absolute Gasteiger partial charge is 0.197 e. The van der Waals surface area contributed by atoms with E-state index in [0.717, 1.165) is 16.4 Å². The molecular weight excluding hydrogens is 206 g/mol. The number of hydrogen-bond donors (Lipinski definition) is 0. The van der Waals surface area contributed by atoms with Crippen LogP contribution in [0.1, 0.15) is 26.7 Å². The van der Waals surface area contributed by atoms with Gasteiger partial charge in [-0.3, -0.25) is 0 Å². The van der Waals surface area contributed by atoms with Crippen LogP contribution in [0.25, 0.3) is 0 Å². The van der Waals surface area contributed by atoms with Crippen molar-refractivity contribution >= 4 is 39.3 Å². The predicted octanol–water partition coefficient (Wildman–Crippen LogP) is 3.45. The maximum atomic E-state index is 8.92. The van der Waals surface area contributed by atoms with Crippen LogP contribution in [0.3, 0.4) is 0 Å². The smallest absolute Gasteiger partial charge is 0.105 e. The van der Waals surface area contributed by atoms with Crippen LogP contribution in [0.4, 0.5) is 0 Å². The molecule has 12 heavy (non-hydrogen) atoms. The Balaban J connectivity index is 4.16. The Hall–Kier alpha value is 0.280. The highest BCUT2D eigenvalue weighted by atomic mass is 32.2. The molecule has 1 unspecified atom stereocenters. The lowest BCUT2D eigenvalue weighted by molar-refractivity contribution is 0.695. The van der Waals surface area contributed by atoms with E-state index in [-0.39, 0.29) is 4.75 Å². The molecule has 1 nitrogen and oxygen atoms in total. The van der Waals surface area contributed by atoms with Gasteiger partial charge in [-0.1, -0.05) is 37.3 Å². The SMILES string of the molecule is CCCC(C)(C#N)SC(=S)SC. The topological polar surface area (TPSA) is 23.8 Å². The van der Waals surface area contributed by atoms with Gasteiger partial charge in [-0.05, 0) is 19.6 Å². The van der Waals surface area contributed by atoms with E-state index in [1.54, 1.807) is 0 Å². The van der Waals surface area contributed by atoms with Gasteiger partial charge in [0.15, 0.2) is 0 Å². The minimum atomic E-state index is -0.325. The van der Waals surface area contributed by atoms with Crippen LogP contribution in [0, 0.1) is 11.3 Å². The molecule has 68 valence electrons. The van der Waals surface area contributed by atoms with Gasteiger partial charge in [-0.15, -0.1) is 11.8 Å². The van der Waals surface area contributed by atoms with E-state index in [1.165, 1.54) is 23.5 Å². The molecule has 0 aromatic heterocycles. The van der Waals surface area contributed by atoms with E-state index in [0.29, 0.717) is 0 Å². The predicted molar refractivity (Wildman–Crippen MR) is 62.6 cm³/mol. The first kappa shape index (κ1) is 12.3. The van der Waals surface area contributed by atoms with Crippen molar-refractivity contribution in [2.75, 3.05) is 6.26 Å². The zero-order valence-electron chi connectivity index (χ0n) is 7.59. The van der Waals surface area contributed by atoms with Crippen molar-refractivity contribution in [2.45, 2.75) is 31.4 Å². The molecule has 0 N–H and O–H groups in total. The molecule has 4 heteroatoms. The normalized spacial score (nSPS) is 14.8. The molecule has 0 fully saturated rings. The third kappa shape index (κ3) is 4.34. The highest BCUT2D eigenvalue weighted by Crippen LogP contribution is 2.33. The second-order valence-corrected chi connectivity index (χ2v) is 6.16. The lowest BCUT2D eigenvalue weighted by atomic mass is 10.1. The number of hydrogen-bond acceptors (Lipinski definition) is 4. The maximum absolute atomic E-state index is 8.92. The number of rotatable bonds is 3. The van der Waals surface area contributed by atoms with E-state index < -0.39 is 0 Å². The number of nitriles is 1. The molecule has 0 saturated heterocycles. The Morgan fingerprint density at radius 1 is 1.67 bits per heavy atom. The summed E-state index contributed by atoms with van der Waals surface area (Å²) >= 11 is 8.10. The standard InChI is InChI=1S/C8H13NS3/c1-4-5-8(2,6-9)12-7(10)11-3/h4-5H2,1-3H3. The monoisotopic (exact) mass is 219 g/mol. The Morgan fingerprint density at radius 3 is 2.58 bits per heavy atom. The van der Waals surface area contributed by atoms with Crippen LogP contribution >= 0.6 is 35.7 Å². The van der Waals surface area contributed by atoms with E-state index in [2.05, 4.69) is 13.0 Å². The van der Waals surface area contributed by atoms with Crippen LogP contribution in [-0.2, 0) is 0 Å². The second-order valence-electron chi connectivity index (χ2n) is 2.65. The zero-order chi connectivity index (χ0) is 9.61. The van der Waals surface area contributed by atoms with Crippen molar-refractivity contribution < 1.29 is 0 Å². The molecule has 0 radical (unpaired) electrons. The molecule has 0 aliphatic heterocycles. The van der Waals surface area contributed by atoms with Crippen LogP contribution in [0.15, 0.2) is 0 Å². The minimum absolute atomic E-state index is 0.325. The van der Waals surface area contributed by atoms with Gasteiger partial charge in [0, 0.05) is 0 Å². The van der Waals surface area contributed by atoms with Crippen molar-refractivity contribution in [3.05, 3.63) is 0 Å². The molecule has 0 amide bonds. The summed E-state index contributed by atoms with van der Waals surface area (Å²) in [6.45, 7) is 4.03. The third-order valence-electron chi connectivity index (χ3n) is 1.44. The third-order valence-corrected chi connectivity index (χ3v) is 4.18. The van der Waals surface area contributed by atoms with Crippen molar-refractivity contribution in [3.8, 4) is 6.07 Å². The summed E-state index contributed by atoms with van der Waals surface area (Å²) in [7, 11) is 0. The van der Waals surface area contributed by atoms with E-state index in [1.807, 2.05) is 13.2 Å². The van der Waals surface area contributed by atoms with Crippen LogP contribution < -0.4 is 0 Å². The van der Waals surface area contributed by atoms with Crippen molar-refractivity contribution in [1.82, 2.24) is 0 Å². The fourth-order valence-electron chi connectivity index (χ4n) is 0.832. The van der Waals surface area contributed by atoms with Crippen LogP contribution in [-0.4, -0.2) is 14.5 Å². The maximum Gasteiger partial charge on any atom is 0.105 e. The lowest BCUT2D eigenvalue weighted by Crippen LogP contribution is -2.17. The highest BCUT2D eigenvalue weighted by Gasteiger charge is 2.24. The van der Waals surface area contributed by atoms with Crippen molar-refractivity contribution in [2.24, 2.45) is 0 Å². The number of thiocarbonyl (C=S) groups is 1. The van der Waals surface area contributed by atoms with Gasteiger partial charge in [0.05, 0.1) is 6.07 Å². The molecular formula is C8H13NS3. The first-order valence-electron chi connectivity index (χ1n) is 3.76. The average molecular weight is 219 g/mol. The van der Waals surface area contributed by atoms with Gasteiger partial charge >= 0.3 is 0 Å². The Bertz CT molecular complexity index is 197. The summed E-state index contributed by atoms with van der Waals surface area (Å²) in [6.07, 6.45) is 3.86. The molecule has 1 atom stereocenters. The summed E-state index contributed by atoms with van der Waals surface area (Å²) in [6, 6.07) is 2.31. The van der Waals surface area contributed by atoms with Gasteiger partial charge in [0.25, 0.3) is 0 Å². The second kappa shape index (κ2) is 5.85. The van der Waals surface area contributed by atoms with Gasteiger partial charge in [0.2, 0.25) is 0 Å². The number of nitrogens with zero attached hydrogens (tertiary/aromatic N) is 1. The summed E-state index contributed by atoms with van der Waals surface area (Å²) in [5, 5.41) is 8.92. The molecule has 0 saturated carbocycles. The van der Waals surface area contributed by atoms with E-state index in [4.69, 9.17) is 17.5 Å². The fourth-order valence-corrected chi connectivity index (χ4v) is 2.99. The number of thioether (sulfide) groups is 2. The zero-order valence-corrected chi connectivity index (χ0v) is 10.0. The molecule has 0 rings (SSSR count). The van der Waals surface area contributed by atoms with Crippen molar-refractivity contribution in [1.29, 1.82) is 5.26 Å². The van der Waals surface area contributed by atoms with Gasteiger partial charge in [0.1, 0.15) is 8.28 Å². The molecule has 0 aromatic carbocycles. The van der Waals surface area contributed by atoms with Gasteiger partial charge in [-0.2, -0.15) is 5.26 Å². The molecule has 0 aliphatic carbocycles. The quantitative estimate of drug-likeness (QED) is 0.678. The Kier molecular flexibility index (Phi) is 5.98. The summed E-state index contributed by atoms with van der Waals surface area (Å²) in [5.74, 6) is 0. The Labute approximate surface area is 88.3 Å². The van der Waals surface area contributed by atoms with E-state index in [9.17, 15) is 0 Å². The van der Waals surface area contributed by atoms with Gasteiger partial charge < -0.3 is 0 Å². The average Bonchev–Trinajstić information content (AvgIpc) is 2.05. The molecule has 0 spiro atoms. The molecule has 0 bridgehead atoms. The molecule has 0 heterocycles. The summed E-state index contributed by atoms with van der Waals surface area (Å²) in [4.78, 5) is 0. The lowest BCUT2D eigenvalue weighted by Gasteiger charge is -2.19. The van der Waals surface area contributed by atoms with Crippen LogP contribution in [0.2, 0.25) is 0 Å². The van der Waals surface area contributed by atoms with Gasteiger partial charge in [-0.25, -0.2) is 0 Å². The molecule has 0 aliphatic rings. The van der Waals surface area contributed by atoms with Crippen molar-refractivity contribution in [3.63, 3.8) is 0 Å².